The van der Waals surface area contributed by atoms with Gasteiger partial charge in [-0.25, -0.2) is 9.18 Å². The van der Waals surface area contributed by atoms with Gasteiger partial charge < -0.3 is 19.2 Å². The highest BCUT2D eigenvalue weighted by Crippen LogP contribution is 2.43. The molecule has 3 aromatic rings. The number of halogens is 1. The van der Waals surface area contributed by atoms with Crippen LogP contribution in [-0.4, -0.2) is 45.4 Å². The van der Waals surface area contributed by atoms with Gasteiger partial charge in [0.1, 0.15) is 5.82 Å². The topological polar surface area (TPSA) is 59.0 Å². The SMILES string of the molecule is CC1CN(c2c(F)cc(C(=O)O)cc2C(O[SiH](c2ccccc2)c2ccccc2)C(C)(C)C)CC(C)O1. The Morgan fingerprint density at radius 1 is 1.00 bits per heavy atom. The maximum atomic E-state index is 15.9. The van der Waals surface area contributed by atoms with Gasteiger partial charge in [-0.1, -0.05) is 81.4 Å². The van der Waals surface area contributed by atoms with Gasteiger partial charge in [-0.05, 0) is 41.8 Å². The summed E-state index contributed by atoms with van der Waals surface area (Å²) in [6.07, 6.45) is -0.721. The molecule has 0 amide bonds. The molecule has 5 nitrogen and oxygen atoms in total. The van der Waals surface area contributed by atoms with E-state index >= 15 is 4.39 Å². The first-order valence-electron chi connectivity index (χ1n) is 12.8. The summed E-state index contributed by atoms with van der Waals surface area (Å²) in [6, 6.07) is 23.0. The molecule has 1 N–H and O–H groups in total. The van der Waals surface area contributed by atoms with Crippen LogP contribution in [0.3, 0.4) is 0 Å². The smallest absolute Gasteiger partial charge is 0.335 e. The Balaban J connectivity index is 1.88. The number of hydrogen-bond donors (Lipinski definition) is 1. The average molecular weight is 522 g/mol. The molecule has 196 valence electrons. The Kier molecular flexibility index (Phi) is 8.16. The van der Waals surface area contributed by atoms with Crippen LogP contribution in [0.5, 0.6) is 0 Å². The van der Waals surface area contributed by atoms with Crippen LogP contribution in [0.2, 0.25) is 0 Å². The van der Waals surface area contributed by atoms with E-state index in [2.05, 4.69) is 45.0 Å². The predicted molar refractivity (Wildman–Crippen MR) is 148 cm³/mol. The minimum atomic E-state index is -2.23. The lowest BCUT2D eigenvalue weighted by Gasteiger charge is -2.41. The molecule has 0 bridgehead atoms. The lowest BCUT2D eigenvalue weighted by Crippen LogP contribution is -2.48. The van der Waals surface area contributed by atoms with Gasteiger partial charge in [0.05, 0.1) is 29.6 Å². The van der Waals surface area contributed by atoms with Crippen LogP contribution in [0.1, 0.15) is 56.6 Å². The molecule has 1 heterocycles. The van der Waals surface area contributed by atoms with Crippen LogP contribution < -0.4 is 15.3 Å². The zero-order valence-electron chi connectivity index (χ0n) is 22.1. The number of hydrogen-bond acceptors (Lipinski definition) is 4. The molecular formula is C30H36FNO4Si. The maximum absolute atomic E-state index is 15.9. The second-order valence-corrected chi connectivity index (χ2v) is 13.3. The van der Waals surface area contributed by atoms with Crippen LogP contribution in [0.25, 0.3) is 0 Å². The molecular weight excluding hydrogens is 485 g/mol. The first-order valence-corrected chi connectivity index (χ1v) is 14.4. The zero-order valence-corrected chi connectivity index (χ0v) is 23.3. The predicted octanol–water partition coefficient (Wildman–Crippen LogP) is 4.78. The third-order valence-electron chi connectivity index (χ3n) is 6.62. The van der Waals surface area contributed by atoms with Crippen LogP contribution in [0.15, 0.2) is 72.8 Å². The molecule has 1 saturated heterocycles. The normalized spacial score (nSPS) is 19.2. The number of carboxylic acid groups (broad SMARTS) is 1. The van der Waals surface area contributed by atoms with Crippen LogP contribution in [0.4, 0.5) is 10.1 Å². The van der Waals surface area contributed by atoms with Crippen molar-refractivity contribution in [1.29, 1.82) is 0 Å². The summed E-state index contributed by atoms with van der Waals surface area (Å²) in [4.78, 5) is 14.0. The van der Waals surface area contributed by atoms with E-state index < -0.39 is 32.3 Å². The lowest BCUT2D eigenvalue weighted by molar-refractivity contribution is -0.00573. The van der Waals surface area contributed by atoms with Gasteiger partial charge in [-0.15, -0.1) is 0 Å². The lowest BCUT2D eigenvalue weighted by atomic mass is 9.83. The average Bonchev–Trinajstić information content (AvgIpc) is 2.83. The van der Waals surface area contributed by atoms with E-state index in [9.17, 15) is 9.90 Å². The Hall–Kier alpha value is -3.00. The Morgan fingerprint density at radius 3 is 1.97 bits per heavy atom. The first-order chi connectivity index (χ1) is 17.5. The summed E-state index contributed by atoms with van der Waals surface area (Å²) < 4.78 is 28.8. The number of nitrogens with zero attached hydrogens (tertiary/aromatic N) is 1. The fourth-order valence-electron chi connectivity index (χ4n) is 5.12. The van der Waals surface area contributed by atoms with Gasteiger partial charge in [0.25, 0.3) is 0 Å². The van der Waals surface area contributed by atoms with Crippen molar-refractivity contribution >= 4 is 31.1 Å². The monoisotopic (exact) mass is 521 g/mol. The van der Waals surface area contributed by atoms with Crippen LogP contribution in [-0.2, 0) is 9.16 Å². The molecule has 3 atom stereocenters. The third-order valence-corrected chi connectivity index (χ3v) is 9.15. The van der Waals surface area contributed by atoms with Crippen molar-refractivity contribution in [2.24, 2.45) is 5.41 Å². The molecule has 3 unspecified atom stereocenters. The van der Waals surface area contributed by atoms with Crippen molar-refractivity contribution in [1.82, 2.24) is 0 Å². The summed E-state index contributed by atoms with van der Waals surface area (Å²) in [6.45, 7) is 11.1. The van der Waals surface area contributed by atoms with E-state index in [0.717, 1.165) is 16.4 Å². The van der Waals surface area contributed by atoms with Gasteiger partial charge in [-0.2, -0.15) is 0 Å². The summed E-state index contributed by atoms with van der Waals surface area (Å²) in [7, 11) is -2.23. The van der Waals surface area contributed by atoms with Crippen molar-refractivity contribution in [3.63, 3.8) is 0 Å². The van der Waals surface area contributed by atoms with Crippen molar-refractivity contribution in [3.8, 4) is 0 Å². The molecule has 37 heavy (non-hydrogen) atoms. The Bertz CT molecular complexity index is 1170. The number of carboxylic acids is 1. The van der Waals surface area contributed by atoms with Gasteiger partial charge in [0.2, 0.25) is 9.04 Å². The van der Waals surface area contributed by atoms with E-state index in [-0.39, 0.29) is 17.8 Å². The standard InChI is InChI=1S/C30H36FNO4Si/c1-20-18-32(19-21(2)35-20)27-25(16-22(29(33)34)17-26(27)31)28(30(3,4)5)36-37(23-12-8-6-9-13-23)24-14-10-7-11-15-24/h6-17,20-21,28,37H,18-19H2,1-5H3,(H,33,34). The molecule has 1 fully saturated rings. The second kappa shape index (κ2) is 11.2. The van der Waals surface area contributed by atoms with Crippen molar-refractivity contribution in [2.75, 3.05) is 18.0 Å². The summed E-state index contributed by atoms with van der Waals surface area (Å²) >= 11 is 0. The molecule has 7 heteroatoms. The summed E-state index contributed by atoms with van der Waals surface area (Å²) in [5.74, 6) is -1.71. The number of ether oxygens (including phenoxy) is 1. The van der Waals surface area contributed by atoms with Gasteiger partial charge in [0.15, 0.2) is 0 Å². The quantitative estimate of drug-likeness (QED) is 0.454. The van der Waals surface area contributed by atoms with E-state index in [0.29, 0.717) is 24.3 Å². The van der Waals surface area contributed by atoms with E-state index in [1.54, 1.807) is 6.07 Å². The van der Waals surface area contributed by atoms with Crippen molar-refractivity contribution in [2.45, 2.75) is 52.9 Å². The van der Waals surface area contributed by atoms with Crippen molar-refractivity contribution in [3.05, 3.63) is 89.7 Å². The van der Waals surface area contributed by atoms with Gasteiger partial charge >= 0.3 is 5.97 Å². The van der Waals surface area contributed by atoms with Gasteiger partial charge in [0, 0.05) is 18.7 Å². The molecule has 0 radical (unpaired) electrons. The highest BCUT2D eigenvalue weighted by atomic mass is 28.3. The molecule has 0 aromatic heterocycles. The zero-order chi connectivity index (χ0) is 26.7. The molecule has 1 aliphatic rings. The highest BCUT2D eigenvalue weighted by Gasteiger charge is 2.37. The minimum Gasteiger partial charge on any atom is -0.478 e. The summed E-state index contributed by atoms with van der Waals surface area (Å²) in [5.41, 5.74) is 0.439. The first kappa shape index (κ1) is 27.0. The largest absolute Gasteiger partial charge is 0.478 e. The number of morpholine rings is 1. The van der Waals surface area contributed by atoms with Crippen LogP contribution in [0, 0.1) is 11.2 Å². The molecule has 0 aliphatic carbocycles. The molecule has 1 aliphatic heterocycles. The highest BCUT2D eigenvalue weighted by molar-refractivity contribution is 6.80. The Labute approximate surface area is 220 Å². The summed E-state index contributed by atoms with van der Waals surface area (Å²) in [5, 5.41) is 12.0. The van der Waals surface area contributed by atoms with Crippen molar-refractivity contribution < 1.29 is 23.5 Å². The fourth-order valence-corrected chi connectivity index (χ4v) is 7.79. The number of anilines is 1. The maximum Gasteiger partial charge on any atom is 0.335 e. The van der Waals surface area contributed by atoms with E-state index in [1.807, 2.05) is 55.1 Å². The molecule has 0 saturated carbocycles. The van der Waals surface area contributed by atoms with E-state index in [1.165, 1.54) is 0 Å². The second-order valence-electron chi connectivity index (χ2n) is 10.9. The molecule has 0 spiro atoms. The van der Waals surface area contributed by atoms with E-state index in [4.69, 9.17) is 9.16 Å². The van der Waals surface area contributed by atoms with Crippen LogP contribution >= 0.6 is 0 Å². The van der Waals surface area contributed by atoms with Gasteiger partial charge in [-0.3, -0.25) is 0 Å². The number of benzene rings is 3. The number of aromatic carboxylic acids is 1. The fraction of sp³-hybridized carbons (Fsp3) is 0.367. The molecule has 3 aromatic carbocycles. The third kappa shape index (κ3) is 6.29. The number of rotatable bonds is 7. The molecule has 4 rings (SSSR count). The minimum absolute atomic E-state index is 0.0823. The number of carbonyl (C=O) groups is 1. The Morgan fingerprint density at radius 2 is 1.51 bits per heavy atom.